The first-order chi connectivity index (χ1) is 3.46. The van der Waals surface area contributed by atoms with Crippen molar-refractivity contribution in [3.63, 3.8) is 0 Å². The molecule has 4 nitrogen and oxygen atoms in total. The van der Waals surface area contributed by atoms with Gasteiger partial charge in [0.15, 0.2) is 0 Å². The van der Waals surface area contributed by atoms with Crippen LogP contribution in [0.25, 0.3) is 0 Å². The van der Waals surface area contributed by atoms with Crippen LogP contribution in [0.3, 0.4) is 0 Å². The van der Waals surface area contributed by atoms with E-state index in [1.165, 1.54) is 0 Å². The standard InChI is InChI=1S/2FHO2S.Li/c2*1-4(2)3;/h2*(H,2,3);. The molecular formula is H2F2LiO4S2. The van der Waals surface area contributed by atoms with Crippen LogP contribution in [0.15, 0.2) is 0 Å². The maximum atomic E-state index is 10.0. The number of rotatable bonds is 0. The summed E-state index contributed by atoms with van der Waals surface area (Å²) in [5.74, 6) is 0. The molecule has 2 unspecified atom stereocenters. The number of hydrogen-bond donors (Lipinski definition) is 2. The molecule has 0 aromatic heterocycles. The second-order valence-electron chi connectivity index (χ2n) is 0.413. The Balaban J connectivity index is -0.0000000720. The van der Waals surface area contributed by atoms with Crippen molar-refractivity contribution < 1.29 is 25.3 Å². The average molecular weight is 175 g/mol. The SMILES string of the molecule is O=S(O)F.O=S(O)F.[Li]. The molecule has 2 atom stereocenters. The molecule has 0 spiro atoms. The van der Waals surface area contributed by atoms with E-state index in [1.54, 1.807) is 0 Å². The van der Waals surface area contributed by atoms with Gasteiger partial charge < -0.3 is 0 Å². The molecular weight excluding hydrogens is 173 g/mol. The summed E-state index contributed by atoms with van der Waals surface area (Å²) in [6, 6.07) is 0. The Hall–Kier alpha value is 0.677. The number of hydrogen-bond acceptors (Lipinski definition) is 2. The molecule has 0 aromatic carbocycles. The van der Waals surface area contributed by atoms with Gasteiger partial charge in [-0.05, 0) is 0 Å². The Labute approximate surface area is 67.4 Å². The van der Waals surface area contributed by atoms with Gasteiger partial charge in [0, 0.05) is 18.9 Å². The minimum atomic E-state index is -3.11. The van der Waals surface area contributed by atoms with Gasteiger partial charge in [0.05, 0.1) is 0 Å². The maximum absolute atomic E-state index is 10.0. The largest absolute Gasteiger partial charge is 0.342 e. The van der Waals surface area contributed by atoms with Gasteiger partial charge in [0.25, 0.3) is 0 Å². The van der Waals surface area contributed by atoms with Crippen molar-refractivity contribution in [3.05, 3.63) is 0 Å². The van der Waals surface area contributed by atoms with E-state index in [9.17, 15) is 7.77 Å². The summed E-state index contributed by atoms with van der Waals surface area (Å²) >= 11 is -6.22. The molecule has 0 aliphatic heterocycles. The summed E-state index contributed by atoms with van der Waals surface area (Å²) in [7, 11) is 0. The quantitative estimate of drug-likeness (QED) is 0.304. The topological polar surface area (TPSA) is 74.6 Å². The summed E-state index contributed by atoms with van der Waals surface area (Å²) in [5, 5.41) is 0. The maximum Gasteiger partial charge on any atom is 0.342 e. The van der Waals surface area contributed by atoms with Crippen LogP contribution in [0.4, 0.5) is 7.77 Å². The fraction of sp³-hybridized carbons (Fsp3) is 0. The van der Waals surface area contributed by atoms with Crippen LogP contribution in [0.1, 0.15) is 0 Å². The predicted molar refractivity (Wildman–Crippen MR) is 29.5 cm³/mol. The van der Waals surface area contributed by atoms with E-state index in [2.05, 4.69) is 0 Å². The molecule has 0 saturated carbocycles. The van der Waals surface area contributed by atoms with Crippen molar-refractivity contribution in [2.24, 2.45) is 0 Å². The second kappa shape index (κ2) is 11.5. The summed E-state index contributed by atoms with van der Waals surface area (Å²) in [4.78, 5) is 0. The summed E-state index contributed by atoms with van der Waals surface area (Å²) < 4.78 is 50.7. The Morgan fingerprint density at radius 1 is 1.00 bits per heavy atom. The Kier molecular flexibility index (Phi) is 20.8. The zero-order chi connectivity index (χ0) is 7.15. The molecule has 0 fully saturated rings. The molecule has 9 heteroatoms. The molecule has 53 valence electrons. The van der Waals surface area contributed by atoms with E-state index in [0.717, 1.165) is 0 Å². The monoisotopic (exact) mass is 175 g/mol. The Morgan fingerprint density at radius 2 is 1.00 bits per heavy atom. The molecule has 9 heavy (non-hydrogen) atoms. The van der Waals surface area contributed by atoms with E-state index in [0.29, 0.717) is 0 Å². The van der Waals surface area contributed by atoms with Crippen LogP contribution in [0.2, 0.25) is 0 Å². The Bertz CT molecular complexity index is 74.6. The van der Waals surface area contributed by atoms with Gasteiger partial charge in [-0.2, -0.15) is 8.42 Å². The van der Waals surface area contributed by atoms with Crippen molar-refractivity contribution in [3.8, 4) is 0 Å². The van der Waals surface area contributed by atoms with Crippen molar-refractivity contribution in [1.82, 2.24) is 0 Å². The van der Waals surface area contributed by atoms with E-state index in [4.69, 9.17) is 17.5 Å². The van der Waals surface area contributed by atoms with Crippen molar-refractivity contribution in [2.75, 3.05) is 0 Å². The zero-order valence-electron chi connectivity index (χ0n) is 4.28. The Morgan fingerprint density at radius 3 is 1.00 bits per heavy atom. The van der Waals surface area contributed by atoms with Gasteiger partial charge >= 0.3 is 22.9 Å². The van der Waals surface area contributed by atoms with E-state index in [1.807, 2.05) is 0 Å². The van der Waals surface area contributed by atoms with Gasteiger partial charge in [-0.25, -0.2) is 0 Å². The molecule has 0 heterocycles. The molecule has 0 saturated heterocycles. The molecule has 2 N–H and O–H groups in total. The average Bonchev–Trinajstić information content (AvgIpc) is 1.25. The molecule has 0 rings (SSSR count). The molecule has 0 amide bonds. The van der Waals surface area contributed by atoms with Gasteiger partial charge in [-0.3, -0.25) is 9.11 Å². The second-order valence-corrected chi connectivity index (χ2v) is 1.24. The smallest absolute Gasteiger partial charge is 0.280 e. The van der Waals surface area contributed by atoms with Crippen LogP contribution in [-0.4, -0.2) is 36.4 Å². The third-order valence-corrected chi connectivity index (χ3v) is 0. The van der Waals surface area contributed by atoms with Crippen LogP contribution >= 0.6 is 0 Å². The van der Waals surface area contributed by atoms with Crippen LogP contribution < -0.4 is 0 Å². The van der Waals surface area contributed by atoms with Crippen LogP contribution in [0, 0.1) is 0 Å². The fourth-order valence-electron chi connectivity index (χ4n) is 0. The van der Waals surface area contributed by atoms with Gasteiger partial charge in [0.2, 0.25) is 0 Å². The molecule has 1 radical (unpaired) electrons. The zero-order valence-corrected chi connectivity index (χ0v) is 5.92. The molecule has 0 bridgehead atoms. The molecule has 0 aliphatic rings. The summed E-state index contributed by atoms with van der Waals surface area (Å²) in [6.07, 6.45) is 0. The van der Waals surface area contributed by atoms with E-state index in [-0.39, 0.29) is 18.9 Å². The van der Waals surface area contributed by atoms with Crippen molar-refractivity contribution in [1.29, 1.82) is 0 Å². The van der Waals surface area contributed by atoms with Crippen LogP contribution in [-0.2, 0) is 22.9 Å². The van der Waals surface area contributed by atoms with Crippen molar-refractivity contribution in [2.45, 2.75) is 0 Å². The van der Waals surface area contributed by atoms with Crippen LogP contribution in [0.5, 0.6) is 0 Å². The third kappa shape index (κ3) is 843. The molecule has 0 aliphatic carbocycles. The normalized spacial score (nSPS) is 13.8. The summed E-state index contributed by atoms with van der Waals surface area (Å²) in [6.45, 7) is 0. The fourth-order valence-corrected chi connectivity index (χ4v) is 0. The van der Waals surface area contributed by atoms with Gasteiger partial charge in [-0.1, -0.05) is 0 Å². The predicted octanol–water partition coefficient (Wildman–Crippen LogP) is -0.196. The first-order valence-corrected chi connectivity index (χ1v) is 3.02. The molecule has 0 aromatic rings. The number of halogens is 2. The summed E-state index contributed by atoms with van der Waals surface area (Å²) in [5.41, 5.74) is 0. The van der Waals surface area contributed by atoms with E-state index < -0.39 is 22.9 Å². The minimum Gasteiger partial charge on any atom is -0.280 e. The first-order valence-electron chi connectivity index (χ1n) is 1.01. The van der Waals surface area contributed by atoms with E-state index >= 15 is 0 Å². The minimum absolute atomic E-state index is 0. The van der Waals surface area contributed by atoms with Gasteiger partial charge in [0.1, 0.15) is 0 Å². The first kappa shape index (κ1) is 16.3. The third-order valence-electron chi connectivity index (χ3n) is 0. The van der Waals surface area contributed by atoms with Gasteiger partial charge in [-0.15, -0.1) is 7.77 Å². The van der Waals surface area contributed by atoms with Crippen molar-refractivity contribution >= 4 is 41.8 Å².